The Morgan fingerprint density at radius 2 is 1.38 bits per heavy atom. The van der Waals surface area contributed by atoms with Gasteiger partial charge in [0.15, 0.2) is 4.34 Å². The van der Waals surface area contributed by atoms with Gasteiger partial charge >= 0.3 is 0 Å². The van der Waals surface area contributed by atoms with Gasteiger partial charge in [-0.3, -0.25) is 32.5 Å². The number of carbonyl (C=O) groups is 4. The smallest absolute Gasteiger partial charge is 0.294 e. The zero-order chi connectivity index (χ0) is 75.7. The number of aliphatic hydroxyl groups excluding tert-OH is 6. The molecule has 3 aromatic carbocycles. The Bertz CT molecular complexity index is 3980. The molecule has 2 aliphatic rings. The molecule has 6 rings (SSSR count). The number of anilines is 2. The van der Waals surface area contributed by atoms with Crippen molar-refractivity contribution in [2.45, 2.75) is 201 Å². The van der Waals surface area contributed by atoms with Crippen molar-refractivity contribution in [2.75, 3.05) is 55.4 Å². The molecule has 103 heavy (non-hydrogen) atoms. The lowest BCUT2D eigenvalue weighted by molar-refractivity contribution is -0.121. The van der Waals surface area contributed by atoms with E-state index in [9.17, 15) is 84.5 Å². The van der Waals surface area contributed by atoms with Gasteiger partial charge in [0.05, 0.1) is 48.3 Å². The van der Waals surface area contributed by atoms with Gasteiger partial charge in [-0.05, 0) is 183 Å². The quantitative estimate of drug-likeness (QED) is 0.00647. The van der Waals surface area contributed by atoms with Gasteiger partial charge in [-0.2, -0.15) is 16.8 Å². The average Bonchev–Trinajstić information content (AvgIpc) is 1.62. The van der Waals surface area contributed by atoms with Gasteiger partial charge in [-0.25, -0.2) is 0 Å². The minimum absolute atomic E-state index is 0.0711. The monoisotopic (exact) mass is 1510 g/mol. The third-order valence-electron chi connectivity index (χ3n) is 18.3. The maximum absolute atomic E-state index is 13.8. The van der Waals surface area contributed by atoms with Crippen molar-refractivity contribution in [2.24, 2.45) is 0 Å². The Balaban J connectivity index is 1.26. The molecule has 566 valence electrons. The van der Waals surface area contributed by atoms with Gasteiger partial charge in [-0.1, -0.05) is 102 Å². The molecule has 4 amide bonds. The summed E-state index contributed by atoms with van der Waals surface area (Å²) >= 11 is -1.75. The SMILES string of the molecule is C=C(CCCCS(=O)(=O)O)c1ccc(C(=O)NCCCC[C@H](O)CO)cc1C(C)(C)C(=C)/C=C/C1=C(Oc2ccc(S(=O)(=O)O)cc2)C(=C/C=C2/N(CCCCCC(=O)NCCCCCCCC(=O)Nc3nnc(S(=O)[O-])s3)c3ccc(C(=O)NC[C@H](O)[C@@H](O)C[C@H](O)CO)cc3C2(C)C)/CCC1. The zero-order valence-electron chi connectivity index (χ0n) is 58.9. The van der Waals surface area contributed by atoms with E-state index in [0.29, 0.717) is 131 Å². The Hall–Kier alpha value is -7.17. The fourth-order valence-electron chi connectivity index (χ4n) is 12.1. The van der Waals surface area contributed by atoms with E-state index in [1.807, 2.05) is 58.1 Å². The molecule has 1 aliphatic carbocycles. The molecule has 12 N–H and O–H groups in total. The molecule has 2 heterocycles. The molecule has 4 aromatic rings. The van der Waals surface area contributed by atoms with Crippen molar-refractivity contribution in [3.05, 3.63) is 154 Å². The maximum atomic E-state index is 13.8. The number of unbranched alkanes of at least 4 members (excludes halogenated alkanes) is 8. The molecule has 1 aliphatic heterocycles. The summed E-state index contributed by atoms with van der Waals surface area (Å²) < 4.78 is 95.4. The van der Waals surface area contributed by atoms with Crippen LogP contribution in [0.15, 0.2) is 136 Å². The molecule has 0 saturated carbocycles. The van der Waals surface area contributed by atoms with Crippen LogP contribution >= 0.6 is 11.3 Å². The van der Waals surface area contributed by atoms with E-state index >= 15 is 0 Å². The number of hydrogen-bond acceptors (Lipinski definition) is 21. The molecule has 26 nitrogen and oxygen atoms in total. The van der Waals surface area contributed by atoms with Crippen molar-refractivity contribution in [3.63, 3.8) is 0 Å². The van der Waals surface area contributed by atoms with E-state index < -0.39 is 84.8 Å². The standard InChI is InChI=1S/C73H101N7O19S4/c1-48(20-14-18-41-102(93,94)95)58-35-28-52(68(89)75-39-16-13-23-54(83)46-81)42-59(58)72(3,4)49(2)26-27-50-21-19-22-51(67(50)99-56-31-33-57(34-32-56)103(96,97)98)30-37-64-73(5,6)60-43-53(69(90)76-45-63(86)62(85)44-55(84)47-82)29-36-61(60)80(64)40-17-10-12-24-65(87)74-38-15-9-7-8-11-25-66(88)77-70-78-79-71(100-70)101(91)92/h26-37,42-43,54-55,62-63,81-86H,1-2,7-25,38-41,44-47H2,3-6H3,(H,74,87)(H,75,89)(H,76,90)(H,91,92)(H,77,78,88)(H,93,94,95)(H,96,97,98)/p-1/b27-26+,51-30+,64-37+/t54-,55-,62-,63-/m0/s1. The summed E-state index contributed by atoms with van der Waals surface area (Å²) in [4.78, 5) is 54.7. The Morgan fingerprint density at radius 3 is 2.06 bits per heavy atom. The van der Waals surface area contributed by atoms with E-state index in [2.05, 4.69) is 49.5 Å². The van der Waals surface area contributed by atoms with E-state index in [-0.39, 0.29) is 75.8 Å². The number of aliphatic hydroxyl groups is 6. The second-order valence-corrected chi connectivity index (χ2v) is 32.0. The minimum Gasteiger partial charge on any atom is -0.767 e. The predicted molar refractivity (Wildman–Crippen MR) is 394 cm³/mol. The highest BCUT2D eigenvalue weighted by Gasteiger charge is 2.41. The highest BCUT2D eigenvalue weighted by Crippen LogP contribution is 2.49. The first-order valence-corrected chi connectivity index (χ1v) is 39.6. The van der Waals surface area contributed by atoms with E-state index in [1.54, 1.807) is 30.3 Å². The van der Waals surface area contributed by atoms with Crippen LogP contribution in [0.3, 0.4) is 0 Å². The molecule has 5 atom stereocenters. The minimum atomic E-state index is -4.56. The van der Waals surface area contributed by atoms with Gasteiger partial charge in [0.2, 0.25) is 16.9 Å². The molecule has 0 saturated heterocycles. The number of aromatic nitrogens is 2. The first kappa shape index (κ1) is 84.8. The van der Waals surface area contributed by atoms with Crippen molar-refractivity contribution < 1.29 is 89.3 Å². The number of amides is 4. The topological polar surface area (TPSA) is 425 Å². The molecular weight excluding hydrogens is 1410 g/mol. The van der Waals surface area contributed by atoms with Crippen LogP contribution in [0.5, 0.6) is 5.75 Å². The molecule has 0 fully saturated rings. The Kier molecular flexibility index (Phi) is 33.2. The molecule has 0 bridgehead atoms. The summed E-state index contributed by atoms with van der Waals surface area (Å²) in [6, 6.07) is 15.9. The fourth-order valence-corrected chi connectivity index (χ4v) is 14.2. The summed E-state index contributed by atoms with van der Waals surface area (Å²) in [6.45, 7) is 16.9. The van der Waals surface area contributed by atoms with Crippen LogP contribution < -0.4 is 30.9 Å². The summed E-state index contributed by atoms with van der Waals surface area (Å²) in [5.41, 5.74) is 5.71. The lowest BCUT2D eigenvalue weighted by atomic mass is 9.74. The molecule has 1 aromatic heterocycles. The summed E-state index contributed by atoms with van der Waals surface area (Å²) in [5, 5.41) is 77.7. The largest absolute Gasteiger partial charge is 0.767 e. The molecule has 1 unspecified atom stereocenters. The van der Waals surface area contributed by atoms with Crippen molar-refractivity contribution >= 4 is 82.7 Å². The van der Waals surface area contributed by atoms with Crippen LogP contribution in [-0.2, 0) is 51.7 Å². The second-order valence-electron chi connectivity index (χ2n) is 26.9. The number of nitrogens with one attached hydrogen (secondary N) is 4. The number of ether oxygens (including phenoxy) is 1. The third-order valence-corrected chi connectivity index (χ3v) is 21.6. The van der Waals surface area contributed by atoms with Gasteiger partial charge < -0.3 is 66.1 Å². The number of fused-ring (bicyclic) bond motifs is 1. The highest BCUT2D eigenvalue weighted by atomic mass is 32.2. The Morgan fingerprint density at radius 1 is 0.748 bits per heavy atom. The van der Waals surface area contributed by atoms with Crippen LogP contribution in [0.2, 0.25) is 0 Å². The van der Waals surface area contributed by atoms with E-state index in [1.165, 1.54) is 24.3 Å². The van der Waals surface area contributed by atoms with Crippen LogP contribution in [0, 0.1) is 0 Å². The molecular formula is C73H100N7O19S4-. The molecule has 30 heteroatoms. The van der Waals surface area contributed by atoms with E-state index in [4.69, 9.17) is 4.74 Å². The summed E-state index contributed by atoms with van der Waals surface area (Å²) in [5.74, 6) is -0.902. The van der Waals surface area contributed by atoms with Crippen molar-refractivity contribution in [1.29, 1.82) is 0 Å². The van der Waals surface area contributed by atoms with Gasteiger partial charge in [0.25, 0.3) is 32.1 Å². The zero-order valence-corrected chi connectivity index (χ0v) is 62.2. The normalized spacial score (nSPS) is 16.3. The number of nitrogens with zero attached hydrogens (tertiary/aromatic N) is 3. The first-order valence-electron chi connectivity index (χ1n) is 34.7. The van der Waals surface area contributed by atoms with Crippen molar-refractivity contribution in [3.8, 4) is 5.75 Å². The molecule has 0 spiro atoms. The number of allylic oxidation sites excluding steroid dienone is 9. The number of carbonyl (C=O) groups excluding carboxylic acids is 4. The fraction of sp³-hybridized carbons (Fsp3) is 0.507. The number of benzene rings is 3. The van der Waals surface area contributed by atoms with E-state index in [0.717, 1.165) is 70.7 Å². The van der Waals surface area contributed by atoms with Crippen LogP contribution in [0.1, 0.15) is 194 Å². The van der Waals surface area contributed by atoms with Gasteiger partial charge in [0.1, 0.15) is 11.5 Å². The van der Waals surface area contributed by atoms with Gasteiger partial charge in [-0.15, -0.1) is 10.2 Å². The third kappa shape index (κ3) is 26.4. The van der Waals surface area contributed by atoms with Crippen LogP contribution in [0.4, 0.5) is 10.8 Å². The lowest BCUT2D eigenvalue weighted by Crippen LogP contribution is -2.40. The number of hydrogen-bond donors (Lipinski definition) is 12. The number of rotatable bonds is 44. The lowest BCUT2D eigenvalue weighted by Gasteiger charge is -2.30. The highest BCUT2D eigenvalue weighted by molar-refractivity contribution is 7.86. The van der Waals surface area contributed by atoms with Gasteiger partial charge in [0, 0.05) is 89.9 Å². The average molecular weight is 1510 g/mol. The van der Waals surface area contributed by atoms with Crippen molar-refractivity contribution in [1.82, 2.24) is 26.1 Å². The molecule has 0 radical (unpaired) electrons. The maximum Gasteiger partial charge on any atom is 0.294 e. The first-order chi connectivity index (χ1) is 48.7. The second kappa shape index (κ2) is 40.4. The van der Waals surface area contributed by atoms with Crippen LogP contribution in [0.25, 0.3) is 5.57 Å². The predicted octanol–water partition coefficient (Wildman–Crippen LogP) is 8.71. The summed E-state index contributed by atoms with van der Waals surface area (Å²) in [7, 11) is -8.74. The summed E-state index contributed by atoms with van der Waals surface area (Å²) in [6.07, 6.45) is 13.1. The Labute approximate surface area is 610 Å². The van der Waals surface area contributed by atoms with Crippen LogP contribution in [-0.4, -0.2) is 169 Å².